The molecule has 156 valence electrons. The van der Waals surface area contributed by atoms with Crippen molar-refractivity contribution in [3.8, 4) is 0 Å². The van der Waals surface area contributed by atoms with Gasteiger partial charge in [0.05, 0.1) is 0 Å². The van der Waals surface area contributed by atoms with Crippen molar-refractivity contribution in [2.24, 2.45) is 4.99 Å². The molecule has 4 aromatic rings. The molecule has 2 aromatic carbocycles. The molecule has 0 aliphatic heterocycles. The molecule has 0 N–H and O–H groups in total. The van der Waals surface area contributed by atoms with E-state index < -0.39 is 0 Å². The molecule has 0 saturated heterocycles. The van der Waals surface area contributed by atoms with Crippen LogP contribution in [0.1, 0.15) is 48.9 Å². The molecule has 0 bridgehead atoms. The molecule has 0 amide bonds. The maximum atomic E-state index is 6.20. The summed E-state index contributed by atoms with van der Waals surface area (Å²) >= 11 is 0. The van der Waals surface area contributed by atoms with Crippen LogP contribution in [0.2, 0.25) is 0 Å². The fraction of sp³-hybridized carbons (Fsp3) is 0.214. The second-order valence-electron chi connectivity index (χ2n) is 8.23. The van der Waals surface area contributed by atoms with Crippen LogP contribution in [0.5, 0.6) is 0 Å². The lowest BCUT2D eigenvalue weighted by Crippen LogP contribution is -1.91. The van der Waals surface area contributed by atoms with Crippen molar-refractivity contribution in [2.75, 3.05) is 7.05 Å². The topological polar surface area (TPSA) is 38.4 Å². The summed E-state index contributed by atoms with van der Waals surface area (Å²) in [5.41, 5.74) is 8.63. The van der Waals surface area contributed by atoms with Crippen molar-refractivity contribution < 1.29 is 4.42 Å². The van der Waals surface area contributed by atoms with Crippen LogP contribution in [0, 0.1) is 6.92 Å². The number of furan rings is 1. The van der Waals surface area contributed by atoms with Gasteiger partial charge in [0, 0.05) is 35.8 Å². The zero-order valence-electron chi connectivity index (χ0n) is 18.8. The number of benzene rings is 2. The van der Waals surface area contributed by atoms with E-state index in [1.54, 1.807) is 13.2 Å². The Kier molecular flexibility index (Phi) is 5.85. The summed E-state index contributed by atoms with van der Waals surface area (Å²) in [7, 11) is 1.79. The van der Waals surface area contributed by atoms with Gasteiger partial charge in [-0.25, -0.2) is 4.98 Å². The summed E-state index contributed by atoms with van der Waals surface area (Å²) in [5.74, 6) is 0.512. The fourth-order valence-electron chi connectivity index (χ4n) is 4.01. The smallest absolute Gasteiger partial charge is 0.227 e. The average Bonchev–Trinajstić information content (AvgIpc) is 3.14. The third-order valence-electron chi connectivity index (χ3n) is 5.71. The molecule has 31 heavy (non-hydrogen) atoms. The molecule has 2 aromatic heterocycles. The molecule has 3 nitrogen and oxygen atoms in total. The zero-order valence-corrected chi connectivity index (χ0v) is 18.8. The van der Waals surface area contributed by atoms with Gasteiger partial charge in [-0.1, -0.05) is 56.3 Å². The lowest BCUT2D eigenvalue weighted by Gasteiger charge is -2.11. The summed E-state index contributed by atoms with van der Waals surface area (Å²) in [5, 5.41) is 2.14. The quantitative estimate of drug-likeness (QED) is 0.252. The van der Waals surface area contributed by atoms with E-state index in [1.165, 1.54) is 16.7 Å². The second-order valence-corrected chi connectivity index (χ2v) is 8.23. The van der Waals surface area contributed by atoms with Gasteiger partial charge in [0.15, 0.2) is 0 Å². The Morgan fingerprint density at radius 1 is 1.03 bits per heavy atom. The highest BCUT2D eigenvalue weighted by molar-refractivity contribution is 6.08. The summed E-state index contributed by atoms with van der Waals surface area (Å²) < 4.78 is 6.20. The van der Waals surface area contributed by atoms with Gasteiger partial charge in [-0.2, -0.15) is 0 Å². The SMILES string of the molecule is CN=C/C=C(\C=C(/C)c1c(C)ccc2c1oc1ncccc12)c1ccc(C(C)C)cc1. The third kappa shape index (κ3) is 4.09. The fourth-order valence-corrected chi connectivity index (χ4v) is 4.01. The van der Waals surface area contributed by atoms with E-state index >= 15 is 0 Å². The highest BCUT2D eigenvalue weighted by atomic mass is 16.3. The molecular weight excluding hydrogens is 380 g/mol. The van der Waals surface area contributed by atoms with Gasteiger partial charge in [0.2, 0.25) is 5.71 Å². The van der Waals surface area contributed by atoms with E-state index in [0.29, 0.717) is 11.6 Å². The standard InChI is InChI=1S/C28H28N2O/c1-18(2)21-9-11-22(12-10-21)23(14-16-29-5)17-20(4)26-19(3)8-13-24-25-7-6-15-30-28(25)31-27(24)26/h6-18H,1-5H3/b20-17+,23-14+,29-16?. The molecule has 2 heterocycles. The largest absolute Gasteiger partial charge is 0.437 e. The minimum absolute atomic E-state index is 0.512. The lowest BCUT2D eigenvalue weighted by molar-refractivity contribution is 0.652. The average molecular weight is 409 g/mol. The first-order valence-corrected chi connectivity index (χ1v) is 10.7. The summed E-state index contributed by atoms with van der Waals surface area (Å²) in [6.07, 6.45) is 7.89. The number of allylic oxidation sites excluding steroid dienone is 4. The van der Waals surface area contributed by atoms with E-state index in [2.05, 4.69) is 92.3 Å². The van der Waals surface area contributed by atoms with Crippen LogP contribution >= 0.6 is 0 Å². The van der Waals surface area contributed by atoms with E-state index in [0.717, 1.165) is 33.1 Å². The van der Waals surface area contributed by atoms with Crippen LogP contribution < -0.4 is 0 Å². The maximum absolute atomic E-state index is 6.20. The van der Waals surface area contributed by atoms with E-state index in [4.69, 9.17) is 4.42 Å². The number of nitrogens with zero attached hydrogens (tertiary/aromatic N) is 2. The van der Waals surface area contributed by atoms with Crippen molar-refractivity contribution in [2.45, 2.75) is 33.6 Å². The van der Waals surface area contributed by atoms with Crippen molar-refractivity contribution in [3.63, 3.8) is 0 Å². The van der Waals surface area contributed by atoms with Gasteiger partial charge in [-0.15, -0.1) is 0 Å². The number of aromatic nitrogens is 1. The van der Waals surface area contributed by atoms with Crippen molar-refractivity contribution in [1.29, 1.82) is 0 Å². The maximum Gasteiger partial charge on any atom is 0.227 e. The molecule has 0 unspecified atom stereocenters. The van der Waals surface area contributed by atoms with Gasteiger partial charge < -0.3 is 4.42 Å². The van der Waals surface area contributed by atoms with Crippen LogP contribution in [0.15, 0.2) is 76.3 Å². The zero-order chi connectivity index (χ0) is 22.0. The molecule has 4 rings (SSSR count). The lowest BCUT2D eigenvalue weighted by atomic mass is 9.94. The summed E-state index contributed by atoms with van der Waals surface area (Å²) in [6, 6.07) is 17.1. The first-order chi connectivity index (χ1) is 15.0. The van der Waals surface area contributed by atoms with Gasteiger partial charge in [-0.05, 0) is 65.8 Å². The number of hydrogen-bond donors (Lipinski definition) is 0. The van der Waals surface area contributed by atoms with Crippen LogP contribution in [-0.2, 0) is 0 Å². The highest BCUT2D eigenvalue weighted by Gasteiger charge is 2.15. The van der Waals surface area contributed by atoms with Crippen molar-refractivity contribution in [3.05, 3.63) is 89.1 Å². The van der Waals surface area contributed by atoms with Gasteiger partial charge >= 0.3 is 0 Å². The molecule has 0 aliphatic carbocycles. The minimum Gasteiger partial charge on any atom is -0.437 e. The Labute approximate surface area is 183 Å². The van der Waals surface area contributed by atoms with E-state index in [-0.39, 0.29) is 0 Å². The first-order valence-electron chi connectivity index (χ1n) is 10.7. The monoisotopic (exact) mass is 408 g/mol. The third-order valence-corrected chi connectivity index (χ3v) is 5.71. The van der Waals surface area contributed by atoms with Gasteiger partial charge in [0.25, 0.3) is 0 Å². The number of hydrogen-bond acceptors (Lipinski definition) is 3. The molecule has 0 spiro atoms. The molecule has 0 radical (unpaired) electrons. The van der Waals surface area contributed by atoms with Crippen LogP contribution in [0.4, 0.5) is 0 Å². The predicted molar refractivity (Wildman–Crippen MR) is 133 cm³/mol. The first kappa shape index (κ1) is 20.8. The number of aliphatic imine (C=N–C) groups is 1. The summed E-state index contributed by atoms with van der Waals surface area (Å²) in [4.78, 5) is 8.57. The molecular formula is C28H28N2O. The van der Waals surface area contributed by atoms with Crippen LogP contribution in [0.25, 0.3) is 33.2 Å². The molecule has 3 heteroatoms. The predicted octanol–water partition coefficient (Wildman–Crippen LogP) is 7.60. The Bertz CT molecular complexity index is 1320. The number of aryl methyl sites for hydroxylation is 1. The highest BCUT2D eigenvalue weighted by Crippen LogP contribution is 2.35. The van der Waals surface area contributed by atoms with Crippen molar-refractivity contribution >= 4 is 39.4 Å². The number of fused-ring (bicyclic) bond motifs is 3. The Balaban J connectivity index is 1.85. The Morgan fingerprint density at radius 3 is 2.52 bits per heavy atom. The van der Waals surface area contributed by atoms with Gasteiger partial charge in [-0.3, -0.25) is 4.99 Å². The number of rotatable bonds is 5. The minimum atomic E-state index is 0.512. The summed E-state index contributed by atoms with van der Waals surface area (Å²) in [6.45, 7) is 8.69. The molecule has 0 saturated carbocycles. The van der Waals surface area contributed by atoms with Crippen molar-refractivity contribution in [1.82, 2.24) is 4.98 Å². The Morgan fingerprint density at radius 2 is 1.81 bits per heavy atom. The van der Waals surface area contributed by atoms with Crippen LogP contribution in [0.3, 0.4) is 0 Å². The normalized spacial score (nSPS) is 13.2. The second kappa shape index (κ2) is 8.73. The van der Waals surface area contributed by atoms with Gasteiger partial charge in [0.1, 0.15) is 5.58 Å². The van der Waals surface area contributed by atoms with E-state index in [9.17, 15) is 0 Å². The van der Waals surface area contributed by atoms with Crippen LogP contribution in [-0.4, -0.2) is 18.2 Å². The molecule has 0 atom stereocenters. The Hall–Kier alpha value is -3.46. The number of pyridine rings is 1. The van der Waals surface area contributed by atoms with E-state index in [1.807, 2.05) is 12.3 Å². The molecule has 0 aliphatic rings. The molecule has 0 fully saturated rings.